The van der Waals surface area contributed by atoms with E-state index in [1.807, 2.05) is 19.1 Å². The normalized spacial score (nSPS) is 13.6. The van der Waals surface area contributed by atoms with Crippen molar-refractivity contribution in [3.8, 4) is 11.5 Å². The van der Waals surface area contributed by atoms with Crippen molar-refractivity contribution in [3.63, 3.8) is 0 Å². The molecule has 3 aromatic carbocycles. The summed E-state index contributed by atoms with van der Waals surface area (Å²) in [7, 11) is 0. The molecule has 0 aliphatic heterocycles. The third-order valence-corrected chi connectivity index (χ3v) is 7.18. The number of halogens is 3. The van der Waals surface area contributed by atoms with Crippen LogP contribution in [0.25, 0.3) is 5.70 Å². The highest BCUT2D eigenvalue weighted by Crippen LogP contribution is 2.36. The van der Waals surface area contributed by atoms with Crippen molar-refractivity contribution in [3.05, 3.63) is 97.5 Å². The van der Waals surface area contributed by atoms with Crippen LogP contribution < -0.4 is 15.2 Å². The van der Waals surface area contributed by atoms with E-state index in [9.17, 15) is 9.59 Å². The van der Waals surface area contributed by atoms with Crippen molar-refractivity contribution in [2.75, 3.05) is 6.61 Å². The Balaban J connectivity index is 1.49. The fourth-order valence-electron chi connectivity index (χ4n) is 3.92. The van der Waals surface area contributed by atoms with Crippen LogP contribution in [-0.4, -0.2) is 18.7 Å². The van der Waals surface area contributed by atoms with Gasteiger partial charge in [-0.2, -0.15) is 0 Å². The lowest BCUT2D eigenvalue weighted by Crippen LogP contribution is -2.18. The largest absolute Gasteiger partial charge is 0.489 e. The molecule has 8 heteroatoms. The second-order valence-electron chi connectivity index (χ2n) is 8.80. The maximum absolute atomic E-state index is 13.0. The predicted molar refractivity (Wildman–Crippen MR) is 148 cm³/mol. The molecular weight excluding hydrogens is 533 g/mol. The third kappa shape index (κ3) is 6.48. The van der Waals surface area contributed by atoms with Crippen LogP contribution in [0, 0.1) is 5.92 Å². The highest BCUT2D eigenvalue weighted by atomic mass is 35.5. The fraction of sp³-hybridized carbons (Fsp3) is 0.241. The van der Waals surface area contributed by atoms with E-state index < -0.39 is 0 Å². The first-order valence-corrected chi connectivity index (χ1v) is 13.0. The van der Waals surface area contributed by atoms with Crippen molar-refractivity contribution in [2.45, 2.75) is 32.8 Å². The standard InChI is InChI=1S/C29H26Cl3NO4/c1-2-18-12-17(14-34)6-11-26(18)37-15-20-9-10-21(13-25(20)32)36-16-22(29(35)19-7-8-19)28(33)27-23(30)4-3-5-24(27)31/h3-6,9-14,19H,2,7-8,15-16,33H2,1H3. The maximum Gasteiger partial charge on any atom is 0.167 e. The number of nitrogens with two attached hydrogens (primary N) is 1. The lowest BCUT2D eigenvalue weighted by molar-refractivity contribution is -0.116. The number of hydrogen-bond acceptors (Lipinski definition) is 5. The van der Waals surface area contributed by atoms with Gasteiger partial charge in [-0.15, -0.1) is 0 Å². The number of benzene rings is 3. The second-order valence-corrected chi connectivity index (χ2v) is 10.0. The van der Waals surface area contributed by atoms with E-state index in [1.165, 1.54) is 0 Å². The number of ketones is 1. The molecule has 192 valence electrons. The van der Waals surface area contributed by atoms with Gasteiger partial charge in [0.15, 0.2) is 5.78 Å². The van der Waals surface area contributed by atoms with Gasteiger partial charge in [0.25, 0.3) is 0 Å². The molecule has 2 N–H and O–H groups in total. The number of ether oxygens (including phenoxy) is 2. The lowest BCUT2D eigenvalue weighted by Gasteiger charge is -2.16. The van der Waals surface area contributed by atoms with Crippen LogP contribution in [0.1, 0.15) is 46.8 Å². The summed E-state index contributed by atoms with van der Waals surface area (Å²) in [5, 5.41) is 1.19. The molecule has 0 bridgehead atoms. The van der Waals surface area contributed by atoms with Crippen molar-refractivity contribution >= 4 is 52.6 Å². The summed E-state index contributed by atoms with van der Waals surface area (Å²) >= 11 is 19.2. The van der Waals surface area contributed by atoms with Gasteiger partial charge in [0.05, 0.1) is 26.3 Å². The molecule has 1 fully saturated rings. The van der Waals surface area contributed by atoms with E-state index in [-0.39, 0.29) is 30.6 Å². The number of carbonyl (C=O) groups is 2. The van der Waals surface area contributed by atoms with Crippen LogP contribution >= 0.6 is 34.8 Å². The number of carbonyl (C=O) groups excluding carboxylic acids is 2. The first-order valence-electron chi connectivity index (χ1n) is 11.9. The smallest absolute Gasteiger partial charge is 0.167 e. The molecule has 3 aromatic rings. The van der Waals surface area contributed by atoms with Crippen LogP contribution in [0.3, 0.4) is 0 Å². The van der Waals surface area contributed by atoms with Gasteiger partial charge in [-0.25, -0.2) is 0 Å². The van der Waals surface area contributed by atoms with E-state index in [2.05, 4.69) is 0 Å². The molecule has 0 spiro atoms. The summed E-state index contributed by atoms with van der Waals surface area (Å²) in [4.78, 5) is 24.1. The van der Waals surface area contributed by atoms with E-state index in [4.69, 9.17) is 50.0 Å². The topological polar surface area (TPSA) is 78.6 Å². The Labute approximate surface area is 231 Å². The molecule has 0 radical (unpaired) electrons. The fourth-order valence-corrected chi connectivity index (χ4v) is 4.74. The van der Waals surface area contributed by atoms with E-state index in [1.54, 1.807) is 42.5 Å². The van der Waals surface area contributed by atoms with E-state index >= 15 is 0 Å². The zero-order chi connectivity index (χ0) is 26.5. The third-order valence-electron chi connectivity index (χ3n) is 6.20. The molecule has 1 saturated carbocycles. The Kier molecular flexibility index (Phi) is 8.80. The molecule has 37 heavy (non-hydrogen) atoms. The summed E-state index contributed by atoms with van der Waals surface area (Å²) in [5.41, 5.74) is 9.71. The van der Waals surface area contributed by atoms with Crippen LogP contribution in [0.15, 0.2) is 60.2 Å². The Morgan fingerprint density at radius 3 is 2.32 bits per heavy atom. The molecule has 4 rings (SSSR count). The molecule has 0 heterocycles. The first-order chi connectivity index (χ1) is 17.8. The molecule has 0 saturated heterocycles. The molecule has 1 aliphatic carbocycles. The predicted octanol–water partition coefficient (Wildman–Crippen LogP) is 7.33. The highest BCUT2D eigenvalue weighted by molar-refractivity contribution is 6.37. The molecule has 0 atom stereocenters. The Morgan fingerprint density at radius 1 is 0.973 bits per heavy atom. The molecule has 1 aliphatic rings. The summed E-state index contributed by atoms with van der Waals surface area (Å²) in [6.07, 6.45) is 3.19. The van der Waals surface area contributed by atoms with Crippen LogP contribution in [-0.2, 0) is 17.8 Å². The minimum Gasteiger partial charge on any atom is -0.489 e. The zero-order valence-corrected chi connectivity index (χ0v) is 22.5. The van der Waals surface area contributed by atoms with Crippen molar-refractivity contribution in [1.29, 1.82) is 0 Å². The molecular formula is C29H26Cl3NO4. The zero-order valence-electron chi connectivity index (χ0n) is 20.2. The average Bonchev–Trinajstić information content (AvgIpc) is 3.74. The highest BCUT2D eigenvalue weighted by Gasteiger charge is 2.34. The summed E-state index contributed by atoms with van der Waals surface area (Å²) in [5.74, 6) is 1.07. The van der Waals surface area contributed by atoms with Gasteiger partial charge in [-0.05, 0) is 67.3 Å². The van der Waals surface area contributed by atoms with Gasteiger partial charge in [0.2, 0.25) is 0 Å². The minimum atomic E-state index is -0.0601. The average molecular weight is 559 g/mol. The van der Waals surface area contributed by atoms with Gasteiger partial charge in [0, 0.05) is 22.6 Å². The van der Waals surface area contributed by atoms with E-state index in [0.717, 1.165) is 36.7 Å². The SMILES string of the molecule is CCc1cc(C=O)ccc1OCc1ccc(OCC(C(=O)C2CC2)=C(N)c2c(Cl)cccc2Cl)cc1Cl. The number of aldehydes is 1. The molecule has 0 amide bonds. The van der Waals surface area contributed by atoms with Crippen molar-refractivity contribution < 1.29 is 19.1 Å². The van der Waals surface area contributed by atoms with E-state index in [0.29, 0.717) is 43.3 Å². The van der Waals surface area contributed by atoms with Gasteiger partial charge in [-0.1, -0.05) is 53.9 Å². The van der Waals surface area contributed by atoms with Crippen molar-refractivity contribution in [2.24, 2.45) is 11.7 Å². The molecule has 0 unspecified atom stereocenters. The van der Waals surface area contributed by atoms with Gasteiger partial charge >= 0.3 is 0 Å². The van der Waals surface area contributed by atoms with Gasteiger partial charge in [-0.3, -0.25) is 9.59 Å². The number of rotatable bonds is 11. The second kappa shape index (κ2) is 12.0. The number of Topliss-reactive ketones (excluding diaryl/α,β-unsaturated/α-hetero) is 1. The Bertz CT molecular complexity index is 1350. The minimum absolute atomic E-state index is 0.0438. The summed E-state index contributed by atoms with van der Waals surface area (Å²) < 4.78 is 11.9. The number of hydrogen-bond donors (Lipinski definition) is 1. The molecule has 0 aromatic heterocycles. The monoisotopic (exact) mass is 557 g/mol. The number of aryl methyl sites for hydroxylation is 1. The summed E-state index contributed by atoms with van der Waals surface area (Å²) in [6, 6.07) is 15.6. The van der Waals surface area contributed by atoms with Crippen molar-refractivity contribution in [1.82, 2.24) is 0 Å². The van der Waals surface area contributed by atoms with Crippen LogP contribution in [0.2, 0.25) is 15.1 Å². The Hall–Kier alpha value is -2.99. The first kappa shape index (κ1) is 27.1. The quantitative estimate of drug-likeness (QED) is 0.197. The maximum atomic E-state index is 13.0. The van der Waals surface area contributed by atoms with Gasteiger partial charge in [0.1, 0.15) is 31.0 Å². The van der Waals surface area contributed by atoms with Crippen LogP contribution in [0.5, 0.6) is 11.5 Å². The molecule has 5 nitrogen and oxygen atoms in total. The lowest BCUT2D eigenvalue weighted by atomic mass is 10.0. The van der Waals surface area contributed by atoms with Crippen LogP contribution in [0.4, 0.5) is 0 Å². The summed E-state index contributed by atoms with van der Waals surface area (Å²) in [6.45, 7) is 2.20. The Morgan fingerprint density at radius 2 is 1.70 bits per heavy atom. The van der Waals surface area contributed by atoms with Gasteiger partial charge < -0.3 is 15.2 Å².